The summed E-state index contributed by atoms with van der Waals surface area (Å²) in [5, 5.41) is 81.6. The Labute approximate surface area is 489 Å². The normalized spacial score (nSPS) is 13.3. The first-order valence-corrected chi connectivity index (χ1v) is 26.4. The number of aliphatic imine (C=N–C) groups is 1. The molecule has 0 aliphatic rings. The van der Waals surface area contributed by atoms with Gasteiger partial charge >= 0.3 is 17.6 Å². The monoisotopic (exact) mass is 1200 g/mol. The molecule has 0 fully saturated rings. The Bertz CT molecular complexity index is 3140. The van der Waals surface area contributed by atoms with Crippen molar-refractivity contribution in [2.75, 3.05) is 43.6 Å². The summed E-state index contributed by atoms with van der Waals surface area (Å²) in [6, 6.07) is 9.79. The van der Waals surface area contributed by atoms with E-state index in [1.807, 2.05) is 0 Å². The molecular weight excluding hydrogens is 1140 g/mol. The summed E-state index contributed by atoms with van der Waals surface area (Å²) >= 11 is 0. The van der Waals surface area contributed by atoms with E-state index in [1.165, 1.54) is 24.3 Å². The first-order chi connectivity index (χ1) is 40.8. The van der Waals surface area contributed by atoms with Crippen LogP contribution in [0, 0.1) is 27.7 Å². The first-order valence-electron chi connectivity index (χ1n) is 26.4. The summed E-state index contributed by atoms with van der Waals surface area (Å²) in [7, 11) is 0.887. The molecule has 0 aliphatic carbocycles. The number of aliphatic carboxylic acids is 2. The molecule has 0 aromatic heterocycles. The van der Waals surface area contributed by atoms with E-state index < -0.39 is 149 Å². The van der Waals surface area contributed by atoms with Gasteiger partial charge in [-0.1, -0.05) is 91.8 Å². The van der Waals surface area contributed by atoms with Crippen LogP contribution in [0.3, 0.4) is 0 Å². The van der Waals surface area contributed by atoms with Crippen LogP contribution in [0.25, 0.3) is 10.4 Å². The number of hydrogen-bond acceptors (Lipinski definition) is 17. The maximum Gasteiger partial charge on any atom is 0.328 e. The molecule has 462 valence electrons. The van der Waals surface area contributed by atoms with Gasteiger partial charge in [-0.2, -0.15) is 0 Å². The molecule has 0 spiro atoms. The van der Waals surface area contributed by atoms with Crippen molar-refractivity contribution in [3.8, 4) is 5.75 Å². The highest BCUT2D eigenvalue weighted by Crippen LogP contribution is 2.45. The number of carboxylic acid groups (broad SMARTS) is 2. The van der Waals surface area contributed by atoms with Gasteiger partial charge in [0.15, 0.2) is 29.0 Å². The van der Waals surface area contributed by atoms with E-state index in [0.717, 1.165) is 7.05 Å². The average Bonchev–Trinajstić information content (AvgIpc) is 0.929. The van der Waals surface area contributed by atoms with E-state index in [9.17, 15) is 74.0 Å². The minimum absolute atomic E-state index is 0.0117. The Balaban J connectivity index is 1.75. The van der Waals surface area contributed by atoms with E-state index in [4.69, 9.17) is 17.0 Å². The van der Waals surface area contributed by atoms with Crippen LogP contribution >= 0.6 is 0 Å². The molecule has 0 aliphatic heterocycles. The number of aliphatic hydroxyl groups is 2. The lowest BCUT2D eigenvalue weighted by molar-refractivity contribution is -0.383. The number of carbonyl (C=O) groups is 8. The number of anilines is 2. The number of benzene rings is 4. The Kier molecular flexibility index (Phi) is 26.4. The molecule has 0 unspecified atom stereocenters. The summed E-state index contributed by atoms with van der Waals surface area (Å²) in [6.07, 6.45) is -1.11. The lowest BCUT2D eigenvalue weighted by Crippen LogP contribution is -2.60. The van der Waals surface area contributed by atoms with Crippen LogP contribution in [0.5, 0.6) is 5.75 Å². The van der Waals surface area contributed by atoms with Gasteiger partial charge in [0.05, 0.1) is 18.1 Å². The van der Waals surface area contributed by atoms with Crippen molar-refractivity contribution >= 4 is 76.1 Å². The number of phenolic OH excluding ortho intramolecular Hbond substituents is 1. The van der Waals surface area contributed by atoms with Crippen LogP contribution in [0.15, 0.2) is 95.0 Å². The number of amides is 6. The van der Waals surface area contributed by atoms with Gasteiger partial charge in [0.25, 0.3) is 0 Å². The van der Waals surface area contributed by atoms with Gasteiger partial charge in [-0.3, -0.25) is 48.7 Å². The smallest absolute Gasteiger partial charge is 0.328 e. The number of halogens is 2. The Morgan fingerprint density at radius 1 is 0.663 bits per heavy atom. The van der Waals surface area contributed by atoms with Crippen molar-refractivity contribution < 1.29 is 77.6 Å². The van der Waals surface area contributed by atoms with E-state index in [2.05, 4.69) is 52.2 Å². The molecule has 4 aromatic rings. The lowest BCUT2D eigenvalue weighted by Gasteiger charge is -2.28. The van der Waals surface area contributed by atoms with Gasteiger partial charge in [0.2, 0.25) is 35.4 Å². The highest BCUT2D eigenvalue weighted by Gasteiger charge is 2.38. The Hall–Kier alpha value is -10.2. The third-order valence-electron chi connectivity index (χ3n) is 12.8. The highest BCUT2D eigenvalue weighted by atomic mass is 19.1. The van der Waals surface area contributed by atoms with E-state index >= 15 is 8.78 Å². The molecule has 0 radical (unpaired) electrons. The number of nitrogens with one attached hydrogen (secondary N) is 7. The fourth-order valence-corrected chi connectivity index (χ4v) is 8.58. The number of nitro benzene ring substituents is 1. The second-order valence-corrected chi connectivity index (χ2v) is 19.8. The molecular formula is C54H67F2N15O15. The zero-order chi connectivity index (χ0) is 63.8. The number of azide groups is 1. The predicted octanol–water partition coefficient (Wildman–Crippen LogP) is 0.628. The fraction of sp³-hybridized carbons (Fsp3) is 0.389. The van der Waals surface area contributed by atoms with Crippen LogP contribution in [0.2, 0.25) is 0 Å². The van der Waals surface area contributed by atoms with E-state index in [0.29, 0.717) is 21.6 Å². The van der Waals surface area contributed by atoms with Crippen molar-refractivity contribution in [2.24, 2.45) is 27.5 Å². The van der Waals surface area contributed by atoms with Crippen molar-refractivity contribution in [3.05, 3.63) is 134 Å². The number of guanidine groups is 1. The van der Waals surface area contributed by atoms with Crippen LogP contribution in [-0.2, 0) is 57.6 Å². The van der Waals surface area contributed by atoms with Crippen LogP contribution in [0.1, 0.15) is 49.8 Å². The molecule has 6 amide bonds. The third-order valence-corrected chi connectivity index (χ3v) is 12.8. The van der Waals surface area contributed by atoms with Gasteiger partial charge in [0.1, 0.15) is 60.3 Å². The minimum atomic E-state index is -2.14. The summed E-state index contributed by atoms with van der Waals surface area (Å²) in [5.74, 6) is -14.1. The molecule has 16 N–H and O–H groups in total. The number of nitrogens with two attached hydrogens (primary N) is 2. The number of rotatable bonds is 34. The van der Waals surface area contributed by atoms with Gasteiger partial charge in [-0.05, 0) is 59.5 Å². The topological polar surface area (TPSA) is 481 Å². The zero-order valence-corrected chi connectivity index (χ0v) is 46.7. The lowest BCUT2D eigenvalue weighted by atomic mass is 9.99. The SMILES string of the molecule is CC(C)C[C@H](NC(=O)[C@H](Cc1ccc(O)cc1)NC(=O)[C@H](Cc1ccccc1)NC(=O)[C@H](Cc1ccccc1)NC(=O)[C@H](CO)Nc1c(F)c(N=[N+]=[N-])c(F)c(N(C)CC(=O)O)c1[N+](=O)[O-])C(=O)N[C@@H](CCCN=C(N)N)C(=O)N[C@@H](CO)C(=O)O. The first kappa shape index (κ1) is 68.3. The number of nitro groups is 1. The molecule has 32 heteroatoms. The van der Waals surface area contributed by atoms with E-state index in [1.54, 1.807) is 74.5 Å². The summed E-state index contributed by atoms with van der Waals surface area (Å²) in [6.45, 7) is 0.00463. The molecule has 0 saturated heterocycles. The van der Waals surface area contributed by atoms with Gasteiger partial charge in [-0.15, -0.1) is 0 Å². The second-order valence-electron chi connectivity index (χ2n) is 19.8. The standard InChI is InChI=1S/C54H67F2N15O15/c1-28(2)21-34(48(78)62-33(15-10-20-60-54(57)58)47(77)67-39(27-73)53(83)84)63-49(79)37(24-31-16-18-32(74)19-17-31)65-50(80)35(22-29-11-6-4-7-12-29)64-51(81)36(23-30-13-8-5-9-14-30)66-52(82)38(26-72)61-44-41(55)43(68-69-59)42(56)45(46(44)71(85)86)70(3)25-40(75)76/h4-9,11-14,16-19,28,33-39,61,72-74H,10,15,20-27H2,1-3H3,(H,62,78)(H,63,79)(H,64,81)(H,65,80)(H,66,82)(H,67,77)(H,75,76)(H,83,84)(H4,57,58,60)/t33-,34-,35-,36-,37-,38-,39-/m0/s1. The number of aliphatic hydroxyl groups excluding tert-OH is 2. The van der Waals surface area contributed by atoms with E-state index in [-0.39, 0.29) is 62.7 Å². The summed E-state index contributed by atoms with van der Waals surface area (Å²) in [4.78, 5) is 127. The molecule has 30 nitrogen and oxygen atoms in total. The number of hydrogen-bond donors (Lipinski definition) is 14. The third kappa shape index (κ3) is 20.6. The molecule has 4 aromatic carbocycles. The van der Waals surface area contributed by atoms with Crippen molar-refractivity contribution in [2.45, 2.75) is 94.7 Å². The Morgan fingerprint density at radius 3 is 1.52 bits per heavy atom. The Morgan fingerprint density at radius 2 is 1.09 bits per heavy atom. The van der Waals surface area contributed by atoms with Gasteiger partial charge in [0, 0.05) is 37.8 Å². The highest BCUT2D eigenvalue weighted by molar-refractivity contribution is 5.98. The molecule has 7 atom stereocenters. The predicted molar refractivity (Wildman–Crippen MR) is 305 cm³/mol. The number of aromatic hydroxyl groups is 1. The molecule has 0 bridgehead atoms. The quantitative estimate of drug-likeness (QED) is 0.00446. The van der Waals surface area contributed by atoms with Crippen LogP contribution in [-0.4, -0.2) is 159 Å². The van der Waals surface area contributed by atoms with Crippen LogP contribution < -0.4 is 53.6 Å². The number of phenols is 1. The molecule has 0 heterocycles. The number of nitrogens with zero attached hydrogens (tertiary/aromatic N) is 6. The second kappa shape index (κ2) is 33.2. The van der Waals surface area contributed by atoms with Crippen molar-refractivity contribution in [1.82, 2.24) is 31.9 Å². The molecule has 0 saturated carbocycles. The molecule has 86 heavy (non-hydrogen) atoms. The van der Waals surface area contributed by atoms with Gasteiger partial charge < -0.3 is 79.1 Å². The maximum atomic E-state index is 16.1. The van der Waals surface area contributed by atoms with Crippen LogP contribution in [0.4, 0.5) is 31.5 Å². The zero-order valence-electron chi connectivity index (χ0n) is 46.7. The summed E-state index contributed by atoms with van der Waals surface area (Å²) < 4.78 is 31.8. The number of likely N-dealkylation sites (N-methyl/N-ethyl adjacent to an activating group) is 1. The van der Waals surface area contributed by atoms with Crippen molar-refractivity contribution in [3.63, 3.8) is 0 Å². The fourth-order valence-electron chi connectivity index (χ4n) is 8.58. The largest absolute Gasteiger partial charge is 0.508 e. The number of carbonyl (C=O) groups excluding carboxylic acids is 6. The summed E-state index contributed by atoms with van der Waals surface area (Å²) in [5.41, 5.74) is 15.7. The number of carboxylic acids is 2. The van der Waals surface area contributed by atoms with Gasteiger partial charge in [-0.25, -0.2) is 13.6 Å². The molecule has 4 rings (SSSR count). The average molecular weight is 1200 g/mol. The minimum Gasteiger partial charge on any atom is -0.508 e. The maximum absolute atomic E-state index is 16.1. The van der Waals surface area contributed by atoms with Crippen molar-refractivity contribution in [1.29, 1.82) is 0 Å².